The zero-order valence-corrected chi connectivity index (χ0v) is 18.5. The van der Waals surface area contributed by atoms with Crippen LogP contribution in [0.4, 0.5) is 5.69 Å². The van der Waals surface area contributed by atoms with E-state index in [0.29, 0.717) is 24.3 Å². The SMILES string of the molecule is O=C(C[C@H]1SC(N2CCCCC2)=NC1=O)Nc1cccc(C(=O)NCCn2ccnc2)c1. The number of likely N-dealkylation sites (tertiary alicyclic amines) is 1. The van der Waals surface area contributed by atoms with Gasteiger partial charge in [0.1, 0.15) is 5.25 Å². The van der Waals surface area contributed by atoms with Crippen LogP contribution in [0.15, 0.2) is 48.0 Å². The van der Waals surface area contributed by atoms with Crippen molar-refractivity contribution in [1.82, 2.24) is 19.8 Å². The van der Waals surface area contributed by atoms with E-state index in [1.165, 1.54) is 18.2 Å². The van der Waals surface area contributed by atoms with E-state index in [9.17, 15) is 14.4 Å². The molecule has 1 saturated heterocycles. The molecule has 9 nitrogen and oxygen atoms in total. The van der Waals surface area contributed by atoms with Crippen LogP contribution in [0.1, 0.15) is 36.0 Å². The molecule has 2 aromatic rings. The van der Waals surface area contributed by atoms with Crippen LogP contribution in [0.3, 0.4) is 0 Å². The van der Waals surface area contributed by atoms with Gasteiger partial charge < -0.3 is 20.1 Å². The van der Waals surface area contributed by atoms with E-state index < -0.39 is 5.25 Å². The molecule has 1 aromatic heterocycles. The molecule has 0 saturated carbocycles. The van der Waals surface area contributed by atoms with Gasteiger partial charge in [0.15, 0.2) is 5.17 Å². The molecule has 0 bridgehead atoms. The number of amides is 3. The summed E-state index contributed by atoms with van der Waals surface area (Å²) in [6, 6.07) is 6.76. The van der Waals surface area contributed by atoms with Gasteiger partial charge in [-0.3, -0.25) is 14.4 Å². The van der Waals surface area contributed by atoms with Crippen molar-refractivity contribution in [3.63, 3.8) is 0 Å². The van der Waals surface area contributed by atoms with E-state index in [-0.39, 0.29) is 24.1 Å². The maximum Gasteiger partial charge on any atom is 0.262 e. The summed E-state index contributed by atoms with van der Waals surface area (Å²) in [5.41, 5.74) is 0.973. The van der Waals surface area contributed by atoms with Crippen molar-refractivity contribution in [1.29, 1.82) is 0 Å². The smallest absolute Gasteiger partial charge is 0.262 e. The second-order valence-corrected chi connectivity index (χ2v) is 8.95. The number of aliphatic imine (C=N–C) groups is 1. The van der Waals surface area contributed by atoms with Gasteiger partial charge in [-0.2, -0.15) is 4.99 Å². The molecule has 4 rings (SSSR count). The third kappa shape index (κ3) is 5.76. The first-order chi connectivity index (χ1) is 15.6. The van der Waals surface area contributed by atoms with Crippen molar-refractivity contribution in [2.24, 2.45) is 4.99 Å². The van der Waals surface area contributed by atoms with E-state index in [0.717, 1.165) is 31.1 Å². The van der Waals surface area contributed by atoms with E-state index in [1.54, 1.807) is 36.8 Å². The van der Waals surface area contributed by atoms with Gasteiger partial charge in [0.05, 0.1) is 6.33 Å². The van der Waals surface area contributed by atoms with E-state index >= 15 is 0 Å². The number of aromatic nitrogens is 2. The Morgan fingerprint density at radius 1 is 1.19 bits per heavy atom. The average molecular weight is 455 g/mol. The highest BCUT2D eigenvalue weighted by molar-refractivity contribution is 8.15. The lowest BCUT2D eigenvalue weighted by Crippen LogP contribution is -2.33. The van der Waals surface area contributed by atoms with Crippen LogP contribution < -0.4 is 10.6 Å². The topological polar surface area (TPSA) is 109 Å². The number of benzene rings is 1. The predicted octanol–water partition coefficient (Wildman–Crippen LogP) is 2.13. The van der Waals surface area contributed by atoms with Crippen LogP contribution in [0.25, 0.3) is 0 Å². The quantitative estimate of drug-likeness (QED) is 0.663. The van der Waals surface area contributed by atoms with Gasteiger partial charge >= 0.3 is 0 Å². The van der Waals surface area contributed by atoms with Crippen molar-refractivity contribution in [2.75, 3.05) is 25.0 Å². The minimum atomic E-state index is -0.499. The second-order valence-electron chi connectivity index (χ2n) is 7.78. The fourth-order valence-corrected chi connectivity index (χ4v) is 4.78. The van der Waals surface area contributed by atoms with Crippen molar-refractivity contribution in [2.45, 2.75) is 37.5 Å². The summed E-state index contributed by atoms with van der Waals surface area (Å²) in [4.78, 5) is 47.5. The summed E-state index contributed by atoms with van der Waals surface area (Å²) in [6.45, 7) is 2.91. The van der Waals surface area contributed by atoms with E-state index in [1.807, 2.05) is 10.8 Å². The molecule has 0 unspecified atom stereocenters. The van der Waals surface area contributed by atoms with Gasteiger partial charge in [-0.05, 0) is 37.5 Å². The molecule has 1 fully saturated rings. The molecular weight excluding hydrogens is 428 g/mol. The van der Waals surface area contributed by atoms with Gasteiger partial charge in [-0.15, -0.1) is 0 Å². The lowest BCUT2D eigenvalue weighted by Gasteiger charge is -2.27. The number of piperidine rings is 1. The highest BCUT2D eigenvalue weighted by Gasteiger charge is 2.33. The Balaban J connectivity index is 1.26. The Hall–Kier alpha value is -3.14. The number of hydrogen-bond acceptors (Lipinski definition) is 6. The normalized spacial score (nSPS) is 18.4. The third-order valence-corrected chi connectivity index (χ3v) is 6.56. The molecular formula is C22H26N6O3S. The minimum absolute atomic E-state index is 0.0473. The van der Waals surface area contributed by atoms with E-state index in [2.05, 4.69) is 25.5 Å². The monoisotopic (exact) mass is 454 g/mol. The standard InChI is InChI=1S/C22H26N6O3S/c29-19(14-18-21(31)26-22(32-18)28-9-2-1-3-10-28)25-17-6-4-5-16(13-17)20(30)24-8-12-27-11-7-23-15-27/h4-7,11,13,15,18H,1-3,8-10,12,14H2,(H,24,30)(H,25,29)/t18-/m1/s1. The summed E-state index contributed by atoms with van der Waals surface area (Å²) in [5.74, 6) is -0.748. The molecule has 32 heavy (non-hydrogen) atoms. The Morgan fingerprint density at radius 3 is 2.81 bits per heavy atom. The van der Waals surface area contributed by atoms with Gasteiger partial charge in [-0.25, -0.2) is 4.98 Å². The first-order valence-corrected chi connectivity index (χ1v) is 11.6. The maximum atomic E-state index is 12.5. The van der Waals surface area contributed by atoms with Crippen molar-refractivity contribution >= 4 is 40.3 Å². The molecule has 1 atom stereocenters. The Morgan fingerprint density at radius 2 is 2.03 bits per heavy atom. The minimum Gasteiger partial charge on any atom is -0.351 e. The Kier molecular flexibility index (Phi) is 7.21. The number of rotatable bonds is 7. The molecule has 3 heterocycles. The highest BCUT2D eigenvalue weighted by atomic mass is 32.2. The lowest BCUT2D eigenvalue weighted by molar-refractivity contribution is -0.121. The number of nitrogens with zero attached hydrogens (tertiary/aromatic N) is 4. The molecule has 2 aliphatic rings. The predicted molar refractivity (Wildman–Crippen MR) is 123 cm³/mol. The third-order valence-electron chi connectivity index (χ3n) is 5.35. The highest BCUT2D eigenvalue weighted by Crippen LogP contribution is 2.29. The molecule has 2 aliphatic heterocycles. The summed E-state index contributed by atoms with van der Waals surface area (Å²) in [6.07, 6.45) is 8.67. The number of amidine groups is 1. The van der Waals surface area contributed by atoms with E-state index in [4.69, 9.17) is 0 Å². The summed E-state index contributed by atoms with van der Waals surface area (Å²) >= 11 is 1.38. The summed E-state index contributed by atoms with van der Waals surface area (Å²) in [5, 5.41) is 5.89. The largest absolute Gasteiger partial charge is 0.351 e. The van der Waals surface area contributed by atoms with Crippen molar-refractivity contribution in [3.05, 3.63) is 48.5 Å². The number of anilines is 1. The first-order valence-electron chi connectivity index (χ1n) is 10.8. The number of carbonyl (C=O) groups is 3. The first kappa shape index (κ1) is 22.1. The van der Waals surface area contributed by atoms with Gasteiger partial charge in [-0.1, -0.05) is 17.8 Å². The Labute approximate surface area is 190 Å². The maximum absolute atomic E-state index is 12.5. The molecule has 2 N–H and O–H groups in total. The molecule has 10 heteroatoms. The van der Waals surface area contributed by atoms with Crippen molar-refractivity contribution in [3.8, 4) is 0 Å². The average Bonchev–Trinajstić information content (AvgIpc) is 3.44. The van der Waals surface area contributed by atoms with Gasteiger partial charge in [0, 0.05) is 56.2 Å². The second kappa shape index (κ2) is 10.4. The molecule has 168 valence electrons. The number of carbonyl (C=O) groups excluding carboxylic acids is 3. The van der Waals surface area contributed by atoms with Crippen molar-refractivity contribution < 1.29 is 14.4 Å². The fourth-order valence-electron chi connectivity index (χ4n) is 3.67. The molecule has 0 aliphatic carbocycles. The van der Waals surface area contributed by atoms with Gasteiger partial charge in [0.25, 0.3) is 11.8 Å². The molecule has 3 amide bonds. The van der Waals surface area contributed by atoms with Crippen LogP contribution in [-0.2, 0) is 16.1 Å². The van der Waals surface area contributed by atoms with Crippen LogP contribution >= 0.6 is 11.8 Å². The molecule has 0 spiro atoms. The fraction of sp³-hybridized carbons (Fsp3) is 0.409. The van der Waals surface area contributed by atoms with Crippen LogP contribution in [0.2, 0.25) is 0 Å². The molecule has 0 radical (unpaired) electrons. The number of imidazole rings is 1. The van der Waals surface area contributed by atoms with Crippen LogP contribution in [-0.4, -0.2) is 62.2 Å². The Bertz CT molecular complexity index is 1000. The van der Waals surface area contributed by atoms with Crippen LogP contribution in [0, 0.1) is 0 Å². The number of nitrogens with one attached hydrogen (secondary N) is 2. The summed E-state index contributed by atoms with van der Waals surface area (Å²) < 4.78 is 1.87. The zero-order valence-electron chi connectivity index (χ0n) is 17.7. The zero-order chi connectivity index (χ0) is 22.3. The number of thioether (sulfide) groups is 1. The molecule has 1 aromatic carbocycles. The number of hydrogen-bond donors (Lipinski definition) is 2. The summed E-state index contributed by atoms with van der Waals surface area (Å²) in [7, 11) is 0. The van der Waals surface area contributed by atoms with Crippen LogP contribution in [0.5, 0.6) is 0 Å². The lowest BCUT2D eigenvalue weighted by atomic mass is 10.1. The van der Waals surface area contributed by atoms with Gasteiger partial charge in [0.2, 0.25) is 5.91 Å².